The summed E-state index contributed by atoms with van der Waals surface area (Å²) in [5, 5.41) is 3.39. The first-order chi connectivity index (χ1) is 6.36. The molecule has 0 radical (unpaired) electrons. The molecular weight excluding hydrogens is 167 g/mol. The Morgan fingerprint density at radius 1 is 1.38 bits per heavy atom. The zero-order valence-corrected chi connectivity index (χ0v) is 7.46. The second kappa shape index (κ2) is 3.83. The molecule has 0 aliphatic carbocycles. The van der Waals surface area contributed by atoms with Crippen molar-refractivity contribution in [2.75, 3.05) is 6.54 Å². The molecule has 0 spiro atoms. The van der Waals surface area contributed by atoms with Crippen LogP contribution in [0.5, 0.6) is 0 Å². The molecule has 13 heavy (non-hydrogen) atoms. The van der Waals surface area contributed by atoms with Crippen molar-refractivity contribution in [3.63, 3.8) is 0 Å². The number of piperidine rings is 1. The van der Waals surface area contributed by atoms with E-state index in [2.05, 4.69) is 10.3 Å². The third-order valence-corrected chi connectivity index (χ3v) is 2.46. The second-order valence-corrected chi connectivity index (χ2v) is 3.42. The normalized spacial score (nSPS) is 23.0. The van der Waals surface area contributed by atoms with Crippen molar-refractivity contribution in [2.24, 2.45) is 0 Å². The number of halogens is 1. The Bertz CT molecular complexity index is 265. The molecule has 2 rings (SSSR count). The van der Waals surface area contributed by atoms with Crippen LogP contribution in [0.4, 0.5) is 4.39 Å². The van der Waals surface area contributed by atoms with E-state index in [4.69, 9.17) is 0 Å². The third kappa shape index (κ3) is 2.04. The van der Waals surface area contributed by atoms with Crippen LogP contribution < -0.4 is 5.32 Å². The molecule has 70 valence electrons. The fourth-order valence-electron chi connectivity index (χ4n) is 1.73. The van der Waals surface area contributed by atoms with Gasteiger partial charge in [-0.3, -0.25) is 0 Å². The maximum atomic E-state index is 12.5. The lowest BCUT2D eigenvalue weighted by Crippen LogP contribution is -2.26. The SMILES string of the molecule is Fc1ccc([C@H]2CCCCN2)cn1. The van der Waals surface area contributed by atoms with Crippen molar-refractivity contribution in [1.82, 2.24) is 10.3 Å². The molecule has 1 fully saturated rings. The molecule has 0 bridgehead atoms. The highest BCUT2D eigenvalue weighted by molar-refractivity contribution is 5.14. The van der Waals surface area contributed by atoms with Crippen LogP contribution in [0, 0.1) is 5.95 Å². The summed E-state index contributed by atoms with van der Waals surface area (Å²) >= 11 is 0. The molecule has 1 aromatic rings. The van der Waals surface area contributed by atoms with E-state index in [0.717, 1.165) is 18.5 Å². The van der Waals surface area contributed by atoms with Gasteiger partial charge in [-0.1, -0.05) is 12.5 Å². The Balaban J connectivity index is 2.10. The molecule has 0 amide bonds. The molecule has 1 aromatic heterocycles. The first kappa shape index (κ1) is 8.63. The van der Waals surface area contributed by atoms with Crippen molar-refractivity contribution in [3.8, 4) is 0 Å². The van der Waals surface area contributed by atoms with Gasteiger partial charge < -0.3 is 5.32 Å². The second-order valence-electron chi connectivity index (χ2n) is 3.42. The van der Waals surface area contributed by atoms with Crippen LogP contribution in [-0.4, -0.2) is 11.5 Å². The summed E-state index contributed by atoms with van der Waals surface area (Å²) in [6.45, 7) is 1.06. The quantitative estimate of drug-likeness (QED) is 0.669. The van der Waals surface area contributed by atoms with Gasteiger partial charge in [0.1, 0.15) is 0 Å². The van der Waals surface area contributed by atoms with E-state index in [1.165, 1.54) is 18.9 Å². The maximum Gasteiger partial charge on any atom is 0.212 e. The van der Waals surface area contributed by atoms with Crippen molar-refractivity contribution in [1.29, 1.82) is 0 Å². The molecule has 3 heteroatoms. The van der Waals surface area contributed by atoms with Gasteiger partial charge in [-0.25, -0.2) is 4.98 Å². The van der Waals surface area contributed by atoms with E-state index >= 15 is 0 Å². The topological polar surface area (TPSA) is 24.9 Å². The molecule has 1 atom stereocenters. The summed E-state index contributed by atoms with van der Waals surface area (Å²) < 4.78 is 12.5. The highest BCUT2D eigenvalue weighted by Gasteiger charge is 2.14. The van der Waals surface area contributed by atoms with Gasteiger partial charge in [0, 0.05) is 12.2 Å². The Kier molecular flexibility index (Phi) is 2.54. The van der Waals surface area contributed by atoms with Crippen molar-refractivity contribution < 1.29 is 4.39 Å². The van der Waals surface area contributed by atoms with E-state index in [1.807, 2.05) is 6.07 Å². The van der Waals surface area contributed by atoms with E-state index in [1.54, 1.807) is 6.20 Å². The molecule has 0 unspecified atom stereocenters. The lowest BCUT2D eigenvalue weighted by atomic mass is 9.99. The minimum absolute atomic E-state index is 0.377. The summed E-state index contributed by atoms with van der Waals surface area (Å²) in [6, 6.07) is 3.61. The number of aromatic nitrogens is 1. The molecule has 1 saturated heterocycles. The predicted octanol–water partition coefficient (Wildman–Crippen LogP) is 2.04. The summed E-state index contributed by atoms with van der Waals surface area (Å²) in [5.74, 6) is -0.403. The van der Waals surface area contributed by atoms with Crippen LogP contribution in [0.3, 0.4) is 0 Å². The van der Waals surface area contributed by atoms with E-state index in [0.29, 0.717) is 6.04 Å². The van der Waals surface area contributed by atoms with E-state index < -0.39 is 5.95 Å². The Morgan fingerprint density at radius 2 is 2.31 bits per heavy atom. The van der Waals surface area contributed by atoms with Crippen LogP contribution in [0.25, 0.3) is 0 Å². The summed E-state index contributed by atoms with van der Waals surface area (Å²) in [6.07, 6.45) is 5.24. The Morgan fingerprint density at radius 3 is 2.92 bits per heavy atom. The van der Waals surface area contributed by atoms with Gasteiger partial charge in [-0.2, -0.15) is 4.39 Å². The Hall–Kier alpha value is -0.960. The van der Waals surface area contributed by atoms with Crippen molar-refractivity contribution >= 4 is 0 Å². The van der Waals surface area contributed by atoms with E-state index in [-0.39, 0.29) is 0 Å². The number of nitrogens with one attached hydrogen (secondary N) is 1. The predicted molar refractivity (Wildman–Crippen MR) is 48.8 cm³/mol. The van der Waals surface area contributed by atoms with Gasteiger partial charge in [-0.15, -0.1) is 0 Å². The van der Waals surface area contributed by atoms with Gasteiger partial charge in [0.2, 0.25) is 5.95 Å². The monoisotopic (exact) mass is 180 g/mol. The van der Waals surface area contributed by atoms with Gasteiger partial charge in [0.25, 0.3) is 0 Å². The largest absolute Gasteiger partial charge is 0.310 e. The standard InChI is InChI=1S/C10H13FN2/c11-10-5-4-8(7-13-10)9-3-1-2-6-12-9/h4-5,7,9,12H,1-3,6H2/t9-/m1/s1. The molecule has 2 heterocycles. The van der Waals surface area contributed by atoms with Gasteiger partial charge >= 0.3 is 0 Å². The first-order valence-corrected chi connectivity index (χ1v) is 4.71. The van der Waals surface area contributed by atoms with Crippen LogP contribution >= 0.6 is 0 Å². The summed E-state index contributed by atoms with van der Waals surface area (Å²) in [7, 11) is 0. The van der Waals surface area contributed by atoms with Crippen molar-refractivity contribution in [2.45, 2.75) is 25.3 Å². The number of hydrogen-bond donors (Lipinski definition) is 1. The third-order valence-electron chi connectivity index (χ3n) is 2.46. The molecular formula is C10H13FN2. The molecule has 0 aromatic carbocycles. The average molecular weight is 180 g/mol. The molecule has 2 nitrogen and oxygen atoms in total. The average Bonchev–Trinajstić information content (AvgIpc) is 2.20. The minimum Gasteiger partial charge on any atom is -0.310 e. The van der Waals surface area contributed by atoms with Gasteiger partial charge in [-0.05, 0) is 31.0 Å². The maximum absolute atomic E-state index is 12.5. The molecule has 1 aliphatic heterocycles. The van der Waals surface area contributed by atoms with Crippen molar-refractivity contribution in [3.05, 3.63) is 29.8 Å². The lowest BCUT2D eigenvalue weighted by Gasteiger charge is -2.23. The fourth-order valence-corrected chi connectivity index (χ4v) is 1.73. The lowest BCUT2D eigenvalue weighted by molar-refractivity contribution is 0.410. The fraction of sp³-hybridized carbons (Fsp3) is 0.500. The first-order valence-electron chi connectivity index (χ1n) is 4.71. The van der Waals surface area contributed by atoms with Crippen LogP contribution in [0.2, 0.25) is 0 Å². The molecule has 1 N–H and O–H groups in total. The Labute approximate surface area is 77.2 Å². The number of hydrogen-bond acceptors (Lipinski definition) is 2. The highest BCUT2D eigenvalue weighted by Crippen LogP contribution is 2.21. The van der Waals surface area contributed by atoms with Gasteiger partial charge in [0.15, 0.2) is 0 Å². The summed E-state index contributed by atoms with van der Waals surface area (Å²) in [5.41, 5.74) is 1.10. The van der Waals surface area contributed by atoms with Gasteiger partial charge in [0.05, 0.1) is 0 Å². The zero-order chi connectivity index (χ0) is 9.10. The summed E-state index contributed by atoms with van der Waals surface area (Å²) in [4.78, 5) is 3.65. The van der Waals surface area contributed by atoms with Crippen LogP contribution in [-0.2, 0) is 0 Å². The molecule has 1 aliphatic rings. The van der Waals surface area contributed by atoms with Crippen LogP contribution in [0.1, 0.15) is 30.9 Å². The van der Waals surface area contributed by atoms with Crippen LogP contribution in [0.15, 0.2) is 18.3 Å². The minimum atomic E-state index is -0.403. The molecule has 0 saturated carbocycles. The van der Waals surface area contributed by atoms with E-state index in [9.17, 15) is 4.39 Å². The number of nitrogens with zero attached hydrogens (tertiary/aromatic N) is 1. The zero-order valence-electron chi connectivity index (χ0n) is 7.46. The highest BCUT2D eigenvalue weighted by atomic mass is 19.1. The number of pyridine rings is 1. The smallest absolute Gasteiger partial charge is 0.212 e. The number of rotatable bonds is 1.